The van der Waals surface area contributed by atoms with E-state index in [0.29, 0.717) is 19.0 Å². The van der Waals surface area contributed by atoms with Crippen LogP contribution >= 0.6 is 0 Å². The van der Waals surface area contributed by atoms with Gasteiger partial charge in [0.25, 0.3) is 0 Å². The zero-order chi connectivity index (χ0) is 15.0. The van der Waals surface area contributed by atoms with Crippen LogP contribution in [0.2, 0.25) is 0 Å². The predicted octanol–water partition coefficient (Wildman–Crippen LogP) is 1.92. The predicted molar refractivity (Wildman–Crippen MR) is 75.3 cm³/mol. The van der Waals surface area contributed by atoms with Crippen molar-refractivity contribution in [1.82, 2.24) is 9.88 Å². The zero-order valence-electron chi connectivity index (χ0n) is 12.1. The molecule has 0 aromatic carbocycles. The third-order valence-corrected chi connectivity index (χ3v) is 3.86. The Labute approximate surface area is 118 Å². The molecule has 3 N–H and O–H groups in total. The van der Waals surface area contributed by atoms with Crippen molar-refractivity contribution in [2.24, 2.45) is 5.41 Å². The van der Waals surface area contributed by atoms with Crippen molar-refractivity contribution < 1.29 is 14.6 Å². The molecule has 0 bridgehead atoms. The highest BCUT2D eigenvalue weighted by atomic mass is 16.5. The van der Waals surface area contributed by atoms with Gasteiger partial charge < -0.3 is 20.5 Å². The summed E-state index contributed by atoms with van der Waals surface area (Å²) in [5, 5.41) is 9.26. The average molecular weight is 279 g/mol. The Kier molecular flexibility index (Phi) is 3.60. The summed E-state index contributed by atoms with van der Waals surface area (Å²) in [5.74, 6) is 0.434. The number of nitrogens with zero attached hydrogens (tertiary/aromatic N) is 2. The molecule has 6 nitrogen and oxygen atoms in total. The average Bonchev–Trinajstić information content (AvgIpc) is 2.38. The quantitative estimate of drug-likeness (QED) is 0.819. The van der Waals surface area contributed by atoms with E-state index in [1.54, 1.807) is 12.3 Å². The fourth-order valence-electron chi connectivity index (χ4n) is 2.59. The Hall–Kier alpha value is -1.82. The van der Waals surface area contributed by atoms with Crippen molar-refractivity contribution >= 4 is 11.9 Å². The normalized spacial score (nSPS) is 23.6. The second-order valence-corrected chi connectivity index (χ2v) is 6.10. The fourth-order valence-corrected chi connectivity index (χ4v) is 2.59. The molecule has 110 valence electrons. The second-order valence-electron chi connectivity index (χ2n) is 6.10. The van der Waals surface area contributed by atoms with Gasteiger partial charge in [-0.1, -0.05) is 26.8 Å². The number of carbonyl (C=O) groups is 1. The summed E-state index contributed by atoms with van der Waals surface area (Å²) in [7, 11) is 0. The van der Waals surface area contributed by atoms with Crippen LogP contribution in [0.1, 0.15) is 26.3 Å². The number of nitrogens with two attached hydrogens (primary N) is 1. The molecule has 0 saturated carbocycles. The molecule has 1 aliphatic heterocycles. The van der Waals surface area contributed by atoms with Crippen LogP contribution in [0.15, 0.2) is 18.3 Å². The van der Waals surface area contributed by atoms with Gasteiger partial charge >= 0.3 is 6.09 Å². The van der Waals surface area contributed by atoms with E-state index in [0.717, 1.165) is 5.56 Å². The number of nitrogen functional groups attached to an aromatic ring is 1. The van der Waals surface area contributed by atoms with E-state index in [1.807, 2.05) is 26.8 Å². The Morgan fingerprint density at radius 3 is 2.70 bits per heavy atom. The molecule has 1 saturated heterocycles. The zero-order valence-corrected chi connectivity index (χ0v) is 12.1. The molecule has 0 aliphatic carbocycles. The SMILES string of the molecule is CC(C)(C)[C@@]1(c2ccc(N)nc2)CN(C(=O)O)CCO1. The molecule has 0 radical (unpaired) electrons. The Morgan fingerprint density at radius 2 is 2.20 bits per heavy atom. The maximum atomic E-state index is 11.3. The third-order valence-electron chi connectivity index (χ3n) is 3.86. The first-order valence-corrected chi connectivity index (χ1v) is 6.60. The number of carboxylic acid groups (broad SMARTS) is 1. The van der Waals surface area contributed by atoms with Crippen molar-refractivity contribution in [3.8, 4) is 0 Å². The van der Waals surface area contributed by atoms with E-state index >= 15 is 0 Å². The van der Waals surface area contributed by atoms with Crippen molar-refractivity contribution in [3.05, 3.63) is 23.9 Å². The first kappa shape index (κ1) is 14.6. The van der Waals surface area contributed by atoms with Gasteiger partial charge in [-0.05, 0) is 11.5 Å². The molecule has 6 heteroatoms. The van der Waals surface area contributed by atoms with E-state index in [-0.39, 0.29) is 12.0 Å². The molecule has 1 aromatic rings. The van der Waals surface area contributed by atoms with E-state index in [1.165, 1.54) is 4.90 Å². The number of hydrogen-bond acceptors (Lipinski definition) is 4. The topological polar surface area (TPSA) is 88.7 Å². The number of morpholine rings is 1. The highest BCUT2D eigenvalue weighted by Crippen LogP contribution is 2.44. The van der Waals surface area contributed by atoms with Gasteiger partial charge in [0.15, 0.2) is 0 Å². The summed E-state index contributed by atoms with van der Waals surface area (Å²) >= 11 is 0. The second kappa shape index (κ2) is 4.94. The summed E-state index contributed by atoms with van der Waals surface area (Å²) in [6.07, 6.45) is 0.747. The van der Waals surface area contributed by atoms with Crippen LogP contribution in [0.4, 0.5) is 10.6 Å². The van der Waals surface area contributed by atoms with Crippen LogP contribution in [0, 0.1) is 5.41 Å². The minimum absolute atomic E-state index is 0.279. The standard InChI is InChI=1S/C14H21N3O3/c1-13(2,3)14(10-4-5-11(15)16-8-10)9-17(12(18)19)6-7-20-14/h4-5,8H,6-7,9H2,1-3H3,(H2,15,16)(H,18,19)/t14-/m0/s1. The van der Waals surface area contributed by atoms with Gasteiger partial charge in [-0.25, -0.2) is 9.78 Å². The maximum absolute atomic E-state index is 11.3. The highest BCUT2D eigenvalue weighted by Gasteiger charge is 2.49. The molecule has 2 heterocycles. The smallest absolute Gasteiger partial charge is 0.407 e. The number of ether oxygens (including phenoxy) is 1. The van der Waals surface area contributed by atoms with Gasteiger partial charge in [-0.2, -0.15) is 0 Å². The summed E-state index contributed by atoms with van der Waals surface area (Å²) in [6, 6.07) is 3.57. The van der Waals surface area contributed by atoms with Crippen LogP contribution < -0.4 is 5.73 Å². The molecule has 0 spiro atoms. The van der Waals surface area contributed by atoms with Gasteiger partial charge in [0.2, 0.25) is 0 Å². The highest BCUT2D eigenvalue weighted by molar-refractivity contribution is 5.65. The molecule has 1 aromatic heterocycles. The summed E-state index contributed by atoms with van der Waals surface area (Å²) in [4.78, 5) is 16.8. The van der Waals surface area contributed by atoms with Crippen LogP contribution in [0.3, 0.4) is 0 Å². The van der Waals surface area contributed by atoms with Crippen molar-refractivity contribution in [1.29, 1.82) is 0 Å². The number of aromatic nitrogens is 1. The van der Waals surface area contributed by atoms with Gasteiger partial charge in [-0.15, -0.1) is 0 Å². The first-order chi connectivity index (χ1) is 9.26. The van der Waals surface area contributed by atoms with Crippen molar-refractivity contribution in [2.75, 3.05) is 25.4 Å². The lowest BCUT2D eigenvalue weighted by Crippen LogP contribution is -2.57. The number of amides is 1. The van der Waals surface area contributed by atoms with E-state index in [4.69, 9.17) is 10.5 Å². The molecule has 1 aliphatic rings. The molecular weight excluding hydrogens is 258 g/mol. The summed E-state index contributed by atoms with van der Waals surface area (Å²) in [5.41, 5.74) is 5.48. The molecule has 1 amide bonds. The number of hydrogen-bond donors (Lipinski definition) is 2. The first-order valence-electron chi connectivity index (χ1n) is 6.60. The Bertz CT molecular complexity index is 495. The largest absolute Gasteiger partial charge is 0.465 e. The molecule has 0 unspecified atom stereocenters. The molecule has 1 fully saturated rings. The molecule has 20 heavy (non-hydrogen) atoms. The van der Waals surface area contributed by atoms with Crippen molar-refractivity contribution in [2.45, 2.75) is 26.4 Å². The van der Waals surface area contributed by atoms with Crippen LogP contribution in [0.5, 0.6) is 0 Å². The Morgan fingerprint density at radius 1 is 1.50 bits per heavy atom. The lowest BCUT2D eigenvalue weighted by Gasteiger charge is -2.49. The lowest BCUT2D eigenvalue weighted by molar-refractivity contribution is -0.166. The Balaban J connectivity index is 2.46. The maximum Gasteiger partial charge on any atom is 0.407 e. The molecule has 1 atom stereocenters. The van der Waals surface area contributed by atoms with Gasteiger partial charge in [-0.3, -0.25) is 0 Å². The minimum Gasteiger partial charge on any atom is -0.465 e. The van der Waals surface area contributed by atoms with E-state index in [2.05, 4.69) is 4.98 Å². The molecular formula is C14H21N3O3. The van der Waals surface area contributed by atoms with E-state index in [9.17, 15) is 9.90 Å². The molecule has 2 rings (SSSR count). The number of rotatable bonds is 1. The van der Waals surface area contributed by atoms with Crippen LogP contribution in [-0.2, 0) is 10.3 Å². The van der Waals surface area contributed by atoms with Gasteiger partial charge in [0.1, 0.15) is 11.4 Å². The lowest BCUT2D eigenvalue weighted by atomic mass is 9.71. The third kappa shape index (κ3) is 2.43. The van der Waals surface area contributed by atoms with Crippen molar-refractivity contribution in [3.63, 3.8) is 0 Å². The van der Waals surface area contributed by atoms with Crippen LogP contribution in [0.25, 0.3) is 0 Å². The summed E-state index contributed by atoms with van der Waals surface area (Å²) < 4.78 is 6.05. The number of pyridine rings is 1. The monoisotopic (exact) mass is 279 g/mol. The van der Waals surface area contributed by atoms with Gasteiger partial charge in [0, 0.05) is 18.3 Å². The fraction of sp³-hybridized carbons (Fsp3) is 0.571. The minimum atomic E-state index is -0.926. The van der Waals surface area contributed by atoms with E-state index < -0.39 is 11.7 Å². The number of anilines is 1. The van der Waals surface area contributed by atoms with Gasteiger partial charge in [0.05, 0.1) is 13.2 Å². The van der Waals surface area contributed by atoms with Crippen LogP contribution in [-0.4, -0.2) is 40.8 Å². The summed E-state index contributed by atoms with van der Waals surface area (Å²) in [6.45, 7) is 7.15.